The molecule has 3 aromatic rings. The number of carbonyl (C=O) groups is 3. The molecule has 1 aromatic heterocycles. The Labute approximate surface area is 251 Å². The lowest BCUT2D eigenvalue weighted by Gasteiger charge is -2.36. The third-order valence-electron chi connectivity index (χ3n) is 8.27. The molecule has 0 saturated carbocycles. The number of aryl methyl sites for hydroxylation is 1. The molecule has 0 radical (unpaired) electrons. The molecule has 2 aromatic carbocycles. The van der Waals surface area contributed by atoms with Crippen LogP contribution in [0.4, 0.5) is 5.13 Å². The first kappa shape index (κ1) is 29.7. The van der Waals surface area contributed by atoms with Gasteiger partial charge in [-0.25, -0.2) is 4.98 Å². The average molecular weight is 590 g/mol. The van der Waals surface area contributed by atoms with Crippen LogP contribution in [-0.4, -0.2) is 78.4 Å². The topological polar surface area (TPSA) is 104 Å². The fourth-order valence-corrected chi connectivity index (χ4v) is 6.55. The molecule has 2 aliphatic rings. The minimum atomic E-state index is -0.271. The van der Waals surface area contributed by atoms with Gasteiger partial charge in [0.25, 0.3) is 11.8 Å². The van der Waals surface area contributed by atoms with Gasteiger partial charge in [0.2, 0.25) is 6.41 Å². The number of thiazole rings is 1. The van der Waals surface area contributed by atoms with E-state index in [-0.39, 0.29) is 17.9 Å². The smallest absolute Gasteiger partial charge is 0.257 e. The Hall–Kier alpha value is -3.76. The van der Waals surface area contributed by atoms with E-state index in [2.05, 4.69) is 39.6 Å². The highest BCUT2D eigenvalue weighted by Gasteiger charge is 2.32. The second-order valence-electron chi connectivity index (χ2n) is 11.0. The number of rotatable bonds is 11. The maximum Gasteiger partial charge on any atom is 0.257 e. The Balaban J connectivity index is 1.16. The Morgan fingerprint density at radius 2 is 1.83 bits per heavy atom. The van der Waals surface area contributed by atoms with Crippen molar-refractivity contribution >= 4 is 34.7 Å². The van der Waals surface area contributed by atoms with Crippen molar-refractivity contribution in [3.63, 3.8) is 0 Å². The van der Waals surface area contributed by atoms with Crippen LogP contribution in [0.2, 0.25) is 0 Å². The predicted octanol–water partition coefficient (Wildman–Crippen LogP) is 4.84. The first-order chi connectivity index (χ1) is 20.5. The first-order valence-electron chi connectivity index (χ1n) is 14.8. The van der Waals surface area contributed by atoms with Gasteiger partial charge in [-0.2, -0.15) is 0 Å². The number of benzene rings is 2. The molecule has 1 unspecified atom stereocenters. The molecule has 1 atom stereocenters. The van der Waals surface area contributed by atoms with Crippen molar-refractivity contribution in [2.75, 3.05) is 38.6 Å². The third kappa shape index (κ3) is 6.99. The largest absolute Gasteiger partial charge is 0.496 e. The van der Waals surface area contributed by atoms with E-state index >= 15 is 0 Å². The van der Waals surface area contributed by atoms with E-state index in [0.717, 1.165) is 75.0 Å². The number of hydrogen-bond donors (Lipinski definition) is 2. The van der Waals surface area contributed by atoms with Crippen LogP contribution >= 0.6 is 11.3 Å². The number of amides is 3. The fourth-order valence-electron chi connectivity index (χ4n) is 5.85. The van der Waals surface area contributed by atoms with Crippen LogP contribution < -0.4 is 15.4 Å². The zero-order valence-corrected chi connectivity index (χ0v) is 25.1. The minimum Gasteiger partial charge on any atom is -0.496 e. The number of methoxy groups -OCH3 is 1. The summed E-state index contributed by atoms with van der Waals surface area (Å²) < 4.78 is 5.56. The number of aromatic nitrogens is 1. The Kier molecular flexibility index (Phi) is 9.86. The maximum atomic E-state index is 13.2. The van der Waals surface area contributed by atoms with Crippen molar-refractivity contribution < 1.29 is 19.1 Å². The lowest BCUT2D eigenvalue weighted by atomic mass is 10.0. The molecule has 3 heterocycles. The van der Waals surface area contributed by atoms with Gasteiger partial charge >= 0.3 is 0 Å². The number of unbranched alkanes of at least 4 members (excludes halogenated alkanes) is 1. The van der Waals surface area contributed by atoms with Gasteiger partial charge in [0.05, 0.1) is 12.8 Å². The summed E-state index contributed by atoms with van der Waals surface area (Å²) in [6, 6.07) is 13.7. The number of likely N-dealkylation sites (tertiary alicyclic amines) is 2. The summed E-state index contributed by atoms with van der Waals surface area (Å²) >= 11 is 1.37. The first-order valence-corrected chi connectivity index (χ1v) is 15.6. The summed E-state index contributed by atoms with van der Waals surface area (Å²) in [4.78, 5) is 45.8. The minimum absolute atomic E-state index is 0.0120. The summed E-state index contributed by atoms with van der Waals surface area (Å²) in [6.45, 7) is 5.44. The van der Waals surface area contributed by atoms with E-state index < -0.39 is 0 Å². The number of piperidine rings is 1. The molecule has 3 amide bonds. The standard InChI is InChI=1S/C32H39N5O4S/c1-3-4-5-22-6-11-29(41-2)27(18-22)28-20-42-32(34-28)35-30(39)23-7-9-24(10-8-23)31(40)36-16-13-26(14-17-36)37-15-12-25(19-37)33-21-38/h6-11,18,20-21,25-26H,3-5,12-17,19H2,1-2H3,(H,33,38)(H,34,35,39). The molecule has 2 aliphatic heterocycles. The van der Waals surface area contributed by atoms with Gasteiger partial charge in [-0.3, -0.25) is 24.6 Å². The molecule has 0 bridgehead atoms. The summed E-state index contributed by atoms with van der Waals surface area (Å²) in [5.41, 5.74) is 3.95. The summed E-state index contributed by atoms with van der Waals surface area (Å²) in [6.07, 6.45) is 6.85. The van der Waals surface area contributed by atoms with Crippen LogP contribution in [-0.2, 0) is 11.2 Å². The molecule has 0 aliphatic carbocycles. The highest BCUT2D eigenvalue weighted by molar-refractivity contribution is 7.14. The molecular weight excluding hydrogens is 550 g/mol. The van der Waals surface area contributed by atoms with E-state index in [4.69, 9.17) is 4.74 Å². The van der Waals surface area contributed by atoms with Crippen molar-refractivity contribution in [1.82, 2.24) is 20.1 Å². The van der Waals surface area contributed by atoms with Crippen molar-refractivity contribution in [3.8, 4) is 17.0 Å². The third-order valence-corrected chi connectivity index (χ3v) is 9.03. The zero-order chi connectivity index (χ0) is 29.5. The van der Waals surface area contributed by atoms with Crippen LogP contribution in [0.3, 0.4) is 0 Å². The van der Waals surface area contributed by atoms with E-state index in [9.17, 15) is 14.4 Å². The van der Waals surface area contributed by atoms with E-state index in [0.29, 0.717) is 35.4 Å². The van der Waals surface area contributed by atoms with Gasteiger partial charge in [0.15, 0.2) is 5.13 Å². The molecular formula is C32H39N5O4S. The zero-order valence-electron chi connectivity index (χ0n) is 24.3. The predicted molar refractivity (Wildman–Crippen MR) is 165 cm³/mol. The summed E-state index contributed by atoms with van der Waals surface area (Å²) in [5, 5.41) is 8.21. The average Bonchev–Trinajstić information content (AvgIpc) is 3.70. The highest BCUT2D eigenvalue weighted by atomic mass is 32.1. The molecule has 2 saturated heterocycles. The second-order valence-corrected chi connectivity index (χ2v) is 11.9. The SMILES string of the molecule is CCCCc1ccc(OC)c(-c2csc(NC(=O)c3ccc(C(=O)N4CCC(N5CCC(NC=O)C5)CC4)cc3)n2)c1. The van der Waals surface area contributed by atoms with Gasteiger partial charge in [0, 0.05) is 60.3 Å². The van der Waals surface area contributed by atoms with Gasteiger partial charge < -0.3 is 15.0 Å². The molecule has 5 rings (SSSR count). The van der Waals surface area contributed by atoms with Crippen LogP contribution in [0.25, 0.3) is 11.3 Å². The summed E-state index contributed by atoms with van der Waals surface area (Å²) in [7, 11) is 1.65. The van der Waals surface area contributed by atoms with Crippen molar-refractivity contribution in [2.24, 2.45) is 0 Å². The molecule has 2 fully saturated rings. The van der Waals surface area contributed by atoms with Crippen molar-refractivity contribution in [2.45, 2.75) is 57.5 Å². The monoisotopic (exact) mass is 589 g/mol. The van der Waals surface area contributed by atoms with Crippen LogP contribution in [0.5, 0.6) is 5.75 Å². The molecule has 9 nitrogen and oxygen atoms in total. The van der Waals surface area contributed by atoms with Crippen LogP contribution in [0.15, 0.2) is 47.8 Å². The number of anilines is 1. The second kappa shape index (κ2) is 13.9. The Morgan fingerprint density at radius 1 is 1.07 bits per heavy atom. The molecule has 222 valence electrons. The highest BCUT2D eigenvalue weighted by Crippen LogP contribution is 2.33. The number of carbonyl (C=O) groups excluding carboxylic acids is 3. The van der Waals surface area contributed by atoms with Crippen molar-refractivity contribution in [3.05, 3.63) is 64.5 Å². The van der Waals surface area contributed by atoms with Gasteiger partial charge in [0.1, 0.15) is 5.75 Å². The van der Waals surface area contributed by atoms with Gasteiger partial charge in [-0.1, -0.05) is 19.4 Å². The molecule has 0 spiro atoms. The molecule has 42 heavy (non-hydrogen) atoms. The molecule has 2 N–H and O–H groups in total. The number of hydrogen-bond acceptors (Lipinski definition) is 7. The van der Waals surface area contributed by atoms with Gasteiger partial charge in [-0.15, -0.1) is 11.3 Å². The Morgan fingerprint density at radius 3 is 2.55 bits per heavy atom. The lowest BCUT2D eigenvalue weighted by molar-refractivity contribution is -0.110. The molecule has 10 heteroatoms. The van der Waals surface area contributed by atoms with Crippen molar-refractivity contribution in [1.29, 1.82) is 0 Å². The maximum absolute atomic E-state index is 13.2. The van der Waals surface area contributed by atoms with E-state index in [1.54, 1.807) is 31.4 Å². The van der Waals surface area contributed by atoms with Gasteiger partial charge in [-0.05, 0) is 74.1 Å². The fraction of sp³-hybridized carbons (Fsp3) is 0.438. The van der Waals surface area contributed by atoms with E-state index in [1.807, 2.05) is 16.3 Å². The Bertz CT molecular complexity index is 1380. The normalized spacial score (nSPS) is 17.7. The van der Waals surface area contributed by atoms with E-state index in [1.165, 1.54) is 16.9 Å². The lowest BCUT2D eigenvalue weighted by Crippen LogP contribution is -2.46. The number of nitrogens with one attached hydrogen (secondary N) is 2. The van der Waals surface area contributed by atoms with Crippen LogP contribution in [0, 0.1) is 0 Å². The quantitative estimate of drug-likeness (QED) is 0.310. The summed E-state index contributed by atoms with van der Waals surface area (Å²) in [5.74, 6) is 0.467. The number of nitrogens with zero attached hydrogens (tertiary/aromatic N) is 3. The van der Waals surface area contributed by atoms with Crippen LogP contribution in [0.1, 0.15) is 65.3 Å². The number of ether oxygens (including phenoxy) is 1.